The molecule has 2 amide bonds. The molecule has 0 unspecified atom stereocenters. The first-order valence-corrected chi connectivity index (χ1v) is 15.3. The van der Waals surface area contributed by atoms with Crippen LogP contribution in [0.15, 0.2) is 77.7 Å². The van der Waals surface area contributed by atoms with Gasteiger partial charge >= 0.3 is 0 Å². The van der Waals surface area contributed by atoms with Crippen molar-refractivity contribution in [2.75, 3.05) is 25.1 Å². The number of halogens is 1. The molecule has 0 saturated heterocycles. The predicted octanol–water partition coefficient (Wildman–Crippen LogP) is 5.27. The number of nitrogens with one attached hydrogen (secondary N) is 1. The number of ether oxygens (including phenoxy) is 2. The van der Waals surface area contributed by atoms with Crippen molar-refractivity contribution >= 4 is 39.1 Å². The fourth-order valence-corrected chi connectivity index (χ4v) is 5.97. The van der Waals surface area contributed by atoms with Crippen molar-refractivity contribution in [3.05, 3.63) is 83.4 Å². The molecule has 3 rings (SSSR count). The standard InChI is InChI=1S/C31H38ClN3O6S/c1-7-28(30(37)33-31(2,3)4)34(20-22-10-8-13-26(18-22)41-6)29(36)21-35(24-12-9-11-23(32)19-24)42(38,39)27-16-14-25(40-5)15-17-27/h8-19,28H,7,20-21H2,1-6H3,(H,33,37)/t28-/m0/s1. The van der Waals surface area contributed by atoms with Crippen LogP contribution < -0.4 is 19.1 Å². The molecule has 3 aromatic rings. The topological polar surface area (TPSA) is 105 Å². The molecule has 0 aliphatic carbocycles. The first kappa shape index (κ1) is 32.8. The van der Waals surface area contributed by atoms with Crippen LogP contribution in [0.2, 0.25) is 5.02 Å². The molecule has 3 aromatic carbocycles. The number of carbonyl (C=O) groups is 2. The molecular weight excluding hydrogens is 578 g/mol. The van der Waals surface area contributed by atoms with Crippen LogP contribution in [-0.2, 0) is 26.2 Å². The van der Waals surface area contributed by atoms with E-state index in [4.69, 9.17) is 21.1 Å². The lowest BCUT2D eigenvalue weighted by atomic mass is 10.1. The molecular formula is C31H38ClN3O6S. The van der Waals surface area contributed by atoms with Crippen molar-refractivity contribution in [1.82, 2.24) is 10.2 Å². The summed E-state index contributed by atoms with van der Waals surface area (Å²) in [7, 11) is -1.21. The Morgan fingerprint density at radius 2 is 1.57 bits per heavy atom. The third kappa shape index (κ3) is 8.39. The maximum Gasteiger partial charge on any atom is 0.264 e. The van der Waals surface area contributed by atoms with Crippen molar-refractivity contribution in [3.8, 4) is 11.5 Å². The van der Waals surface area contributed by atoms with Gasteiger partial charge in [0, 0.05) is 17.1 Å². The van der Waals surface area contributed by atoms with Gasteiger partial charge < -0.3 is 19.7 Å². The lowest BCUT2D eigenvalue weighted by Gasteiger charge is -2.34. The Hall–Kier alpha value is -3.76. The molecule has 0 bridgehead atoms. The smallest absolute Gasteiger partial charge is 0.264 e. The van der Waals surface area contributed by atoms with Gasteiger partial charge in [0.25, 0.3) is 10.0 Å². The van der Waals surface area contributed by atoms with Gasteiger partial charge in [-0.3, -0.25) is 13.9 Å². The van der Waals surface area contributed by atoms with E-state index in [0.717, 1.165) is 9.87 Å². The zero-order valence-electron chi connectivity index (χ0n) is 24.8. The number of benzene rings is 3. The zero-order chi connectivity index (χ0) is 31.1. The summed E-state index contributed by atoms with van der Waals surface area (Å²) in [5.74, 6) is 0.175. The number of hydrogen-bond donors (Lipinski definition) is 1. The van der Waals surface area contributed by atoms with E-state index in [9.17, 15) is 18.0 Å². The highest BCUT2D eigenvalue weighted by atomic mass is 35.5. The molecule has 0 saturated carbocycles. The van der Waals surface area contributed by atoms with Gasteiger partial charge in [-0.1, -0.05) is 36.7 Å². The van der Waals surface area contributed by atoms with Gasteiger partial charge in [-0.2, -0.15) is 0 Å². The summed E-state index contributed by atoms with van der Waals surface area (Å²) in [6, 6.07) is 18.5. The second kappa shape index (κ2) is 13.9. The van der Waals surface area contributed by atoms with Crippen molar-refractivity contribution < 1.29 is 27.5 Å². The summed E-state index contributed by atoms with van der Waals surface area (Å²) < 4.78 is 39.5. The Kier molecular flexibility index (Phi) is 10.9. The fourth-order valence-electron chi connectivity index (χ4n) is 4.37. The van der Waals surface area contributed by atoms with E-state index in [-0.39, 0.29) is 23.0 Å². The number of rotatable bonds is 12. The van der Waals surface area contributed by atoms with Gasteiger partial charge in [0.2, 0.25) is 11.8 Å². The highest BCUT2D eigenvalue weighted by molar-refractivity contribution is 7.92. The van der Waals surface area contributed by atoms with E-state index in [0.29, 0.717) is 22.9 Å². The Morgan fingerprint density at radius 3 is 2.14 bits per heavy atom. The Morgan fingerprint density at radius 1 is 0.929 bits per heavy atom. The maximum absolute atomic E-state index is 14.2. The average Bonchev–Trinajstić information content (AvgIpc) is 2.94. The summed E-state index contributed by atoms with van der Waals surface area (Å²) in [5.41, 5.74) is 0.386. The minimum atomic E-state index is -4.24. The third-order valence-corrected chi connectivity index (χ3v) is 8.42. The molecule has 0 aliphatic rings. The fraction of sp³-hybridized carbons (Fsp3) is 0.355. The number of amides is 2. The summed E-state index contributed by atoms with van der Waals surface area (Å²) >= 11 is 6.24. The highest BCUT2D eigenvalue weighted by Crippen LogP contribution is 2.28. The van der Waals surface area contributed by atoms with E-state index in [1.165, 1.54) is 42.3 Å². The minimum Gasteiger partial charge on any atom is -0.497 e. The number of methoxy groups -OCH3 is 2. The molecule has 42 heavy (non-hydrogen) atoms. The van der Waals surface area contributed by atoms with E-state index >= 15 is 0 Å². The first-order chi connectivity index (χ1) is 19.8. The molecule has 9 nitrogen and oxygen atoms in total. The van der Waals surface area contributed by atoms with Crippen molar-refractivity contribution in [2.45, 2.75) is 57.1 Å². The van der Waals surface area contributed by atoms with Crippen LogP contribution in [-0.4, -0.2) is 57.5 Å². The van der Waals surface area contributed by atoms with Crippen molar-refractivity contribution in [3.63, 3.8) is 0 Å². The van der Waals surface area contributed by atoms with Crippen LogP contribution in [0.4, 0.5) is 5.69 Å². The Balaban J connectivity index is 2.08. The Bertz CT molecular complexity index is 1490. The number of hydrogen-bond acceptors (Lipinski definition) is 6. The van der Waals surface area contributed by atoms with Crippen molar-refractivity contribution in [2.24, 2.45) is 0 Å². The molecule has 1 N–H and O–H groups in total. The van der Waals surface area contributed by atoms with Crippen LogP contribution in [0.3, 0.4) is 0 Å². The number of carbonyl (C=O) groups excluding carboxylic acids is 2. The zero-order valence-corrected chi connectivity index (χ0v) is 26.3. The SMILES string of the molecule is CC[C@@H](C(=O)NC(C)(C)C)N(Cc1cccc(OC)c1)C(=O)CN(c1cccc(Cl)c1)S(=O)(=O)c1ccc(OC)cc1. The second-order valence-corrected chi connectivity index (χ2v) is 13.0. The first-order valence-electron chi connectivity index (χ1n) is 13.5. The molecule has 0 heterocycles. The molecule has 0 fully saturated rings. The number of nitrogens with zero attached hydrogens (tertiary/aromatic N) is 2. The van der Waals surface area contributed by atoms with Gasteiger partial charge in [0.1, 0.15) is 24.1 Å². The second-order valence-electron chi connectivity index (χ2n) is 10.7. The normalized spacial score (nSPS) is 12.3. The number of anilines is 1. The lowest BCUT2D eigenvalue weighted by molar-refractivity contribution is -0.141. The van der Waals surface area contributed by atoms with Gasteiger partial charge in [0.15, 0.2) is 0 Å². The van der Waals surface area contributed by atoms with Crippen molar-refractivity contribution in [1.29, 1.82) is 0 Å². The molecule has 0 spiro atoms. The van der Waals surface area contributed by atoms with Gasteiger partial charge in [0.05, 0.1) is 24.8 Å². The summed E-state index contributed by atoms with van der Waals surface area (Å²) in [6.45, 7) is 6.86. The molecule has 0 aliphatic heterocycles. The highest BCUT2D eigenvalue weighted by Gasteiger charge is 2.34. The average molecular weight is 616 g/mol. The summed E-state index contributed by atoms with van der Waals surface area (Å²) in [4.78, 5) is 29.0. The summed E-state index contributed by atoms with van der Waals surface area (Å²) in [5, 5.41) is 3.26. The van der Waals surface area contributed by atoms with Crippen LogP contribution in [0.25, 0.3) is 0 Å². The van der Waals surface area contributed by atoms with E-state index in [2.05, 4.69) is 5.32 Å². The number of sulfonamides is 1. The lowest BCUT2D eigenvalue weighted by Crippen LogP contribution is -2.55. The van der Waals surface area contributed by atoms with E-state index < -0.39 is 34.1 Å². The van der Waals surface area contributed by atoms with Gasteiger partial charge in [-0.25, -0.2) is 8.42 Å². The van der Waals surface area contributed by atoms with Gasteiger partial charge in [-0.15, -0.1) is 0 Å². The molecule has 0 aromatic heterocycles. The predicted molar refractivity (Wildman–Crippen MR) is 164 cm³/mol. The maximum atomic E-state index is 14.2. The quantitative estimate of drug-likeness (QED) is 0.297. The Labute approximate surface area is 253 Å². The van der Waals surface area contributed by atoms with E-state index in [1.54, 1.807) is 43.5 Å². The van der Waals surface area contributed by atoms with Gasteiger partial charge in [-0.05, 0) is 87.4 Å². The monoisotopic (exact) mass is 615 g/mol. The van der Waals surface area contributed by atoms with Crippen LogP contribution in [0.1, 0.15) is 39.7 Å². The molecule has 11 heteroatoms. The molecule has 0 radical (unpaired) electrons. The largest absolute Gasteiger partial charge is 0.497 e. The molecule has 1 atom stereocenters. The van der Waals surface area contributed by atoms with E-state index in [1.807, 2.05) is 33.8 Å². The summed E-state index contributed by atoms with van der Waals surface area (Å²) in [6.07, 6.45) is 0.306. The van der Waals surface area contributed by atoms with Crippen LogP contribution in [0, 0.1) is 0 Å². The third-order valence-electron chi connectivity index (χ3n) is 6.39. The van der Waals surface area contributed by atoms with Crippen LogP contribution >= 0.6 is 11.6 Å². The molecule has 226 valence electrons. The minimum absolute atomic E-state index is 0.0343. The van der Waals surface area contributed by atoms with Crippen LogP contribution in [0.5, 0.6) is 11.5 Å².